The summed E-state index contributed by atoms with van der Waals surface area (Å²) >= 11 is 0. The Morgan fingerprint density at radius 3 is 2.53 bits per heavy atom. The second-order valence-electron chi connectivity index (χ2n) is 4.78. The molecule has 0 aliphatic carbocycles. The molecule has 0 saturated heterocycles. The van der Waals surface area contributed by atoms with Crippen LogP contribution in [0.25, 0.3) is 11.1 Å². The molecule has 0 unspecified atom stereocenters. The van der Waals surface area contributed by atoms with Crippen molar-refractivity contribution in [2.75, 3.05) is 13.7 Å². The molecule has 0 aliphatic rings. The molecule has 100 valence electrons. The van der Waals surface area contributed by atoms with E-state index in [1.807, 2.05) is 30.3 Å². The van der Waals surface area contributed by atoms with Gasteiger partial charge < -0.3 is 9.47 Å². The van der Waals surface area contributed by atoms with Crippen LogP contribution in [0.3, 0.4) is 0 Å². The highest BCUT2D eigenvalue weighted by Crippen LogP contribution is 2.35. The summed E-state index contributed by atoms with van der Waals surface area (Å²) < 4.78 is 11.2. The van der Waals surface area contributed by atoms with E-state index in [1.165, 1.54) is 0 Å². The molecule has 3 heteroatoms. The summed E-state index contributed by atoms with van der Waals surface area (Å²) in [5, 5.41) is 0. The van der Waals surface area contributed by atoms with E-state index in [1.54, 1.807) is 19.5 Å². The van der Waals surface area contributed by atoms with Gasteiger partial charge in [-0.25, -0.2) is 0 Å². The number of benzene rings is 1. The molecular formula is C16H19NO2. The average molecular weight is 257 g/mol. The van der Waals surface area contributed by atoms with Crippen LogP contribution in [0, 0.1) is 5.92 Å². The van der Waals surface area contributed by atoms with Gasteiger partial charge in [0.1, 0.15) is 11.5 Å². The van der Waals surface area contributed by atoms with Crippen molar-refractivity contribution in [1.82, 2.24) is 4.98 Å². The van der Waals surface area contributed by atoms with Gasteiger partial charge >= 0.3 is 0 Å². The molecule has 0 radical (unpaired) electrons. The summed E-state index contributed by atoms with van der Waals surface area (Å²) in [4.78, 5) is 4.08. The van der Waals surface area contributed by atoms with E-state index in [9.17, 15) is 0 Å². The SMILES string of the molecule is COc1cnccc1-c1ccccc1OCC(C)C. The molecule has 0 fully saturated rings. The summed E-state index contributed by atoms with van der Waals surface area (Å²) in [5.74, 6) is 2.12. The molecule has 0 atom stereocenters. The molecule has 0 spiro atoms. The Balaban J connectivity index is 2.38. The molecule has 1 heterocycles. The molecule has 1 aromatic carbocycles. The first-order valence-electron chi connectivity index (χ1n) is 6.42. The lowest BCUT2D eigenvalue weighted by Crippen LogP contribution is -2.05. The second kappa shape index (κ2) is 6.23. The number of rotatable bonds is 5. The fourth-order valence-electron chi connectivity index (χ4n) is 1.84. The van der Waals surface area contributed by atoms with E-state index in [-0.39, 0.29) is 0 Å². The van der Waals surface area contributed by atoms with Gasteiger partial charge in [0, 0.05) is 17.3 Å². The standard InChI is InChI=1S/C16H19NO2/c1-12(2)11-19-15-7-5-4-6-13(15)14-8-9-17-10-16(14)18-3/h4-10,12H,11H2,1-3H3. The van der Waals surface area contributed by atoms with Crippen LogP contribution in [0.4, 0.5) is 0 Å². The number of para-hydroxylation sites is 1. The number of nitrogens with zero attached hydrogens (tertiary/aromatic N) is 1. The Hall–Kier alpha value is -2.03. The molecule has 3 nitrogen and oxygen atoms in total. The summed E-state index contributed by atoms with van der Waals surface area (Å²) in [7, 11) is 1.65. The molecular weight excluding hydrogens is 238 g/mol. The average Bonchev–Trinajstić information content (AvgIpc) is 2.45. The fraction of sp³-hybridized carbons (Fsp3) is 0.312. The van der Waals surface area contributed by atoms with Gasteiger partial charge in [-0.3, -0.25) is 4.98 Å². The lowest BCUT2D eigenvalue weighted by molar-refractivity contribution is 0.272. The predicted molar refractivity (Wildman–Crippen MR) is 76.6 cm³/mol. The van der Waals surface area contributed by atoms with Crippen molar-refractivity contribution in [1.29, 1.82) is 0 Å². The van der Waals surface area contributed by atoms with E-state index in [0.29, 0.717) is 12.5 Å². The van der Waals surface area contributed by atoms with Crippen LogP contribution in [0.1, 0.15) is 13.8 Å². The first-order chi connectivity index (χ1) is 9.22. The maximum absolute atomic E-state index is 5.88. The highest BCUT2D eigenvalue weighted by atomic mass is 16.5. The maximum atomic E-state index is 5.88. The largest absolute Gasteiger partial charge is 0.494 e. The van der Waals surface area contributed by atoms with Crippen LogP contribution in [0.2, 0.25) is 0 Å². The van der Waals surface area contributed by atoms with Crippen LogP contribution < -0.4 is 9.47 Å². The Kier molecular flexibility index (Phi) is 4.39. The zero-order chi connectivity index (χ0) is 13.7. The van der Waals surface area contributed by atoms with Crippen molar-refractivity contribution in [2.45, 2.75) is 13.8 Å². The van der Waals surface area contributed by atoms with E-state index >= 15 is 0 Å². The lowest BCUT2D eigenvalue weighted by Gasteiger charge is -2.14. The number of pyridine rings is 1. The first kappa shape index (κ1) is 13.4. The van der Waals surface area contributed by atoms with Crippen LogP contribution >= 0.6 is 0 Å². The number of hydrogen-bond donors (Lipinski definition) is 0. The lowest BCUT2D eigenvalue weighted by atomic mass is 10.1. The number of hydrogen-bond acceptors (Lipinski definition) is 3. The minimum atomic E-state index is 0.493. The van der Waals surface area contributed by atoms with Gasteiger partial charge in [0.15, 0.2) is 0 Å². The third-order valence-corrected chi connectivity index (χ3v) is 2.75. The number of methoxy groups -OCH3 is 1. The number of aromatic nitrogens is 1. The van der Waals surface area contributed by atoms with Crippen LogP contribution in [-0.2, 0) is 0 Å². The van der Waals surface area contributed by atoms with E-state index < -0.39 is 0 Å². The van der Waals surface area contributed by atoms with Gasteiger partial charge in [0.05, 0.1) is 19.9 Å². The van der Waals surface area contributed by atoms with Crippen molar-refractivity contribution >= 4 is 0 Å². The van der Waals surface area contributed by atoms with Gasteiger partial charge in [-0.2, -0.15) is 0 Å². The minimum absolute atomic E-state index is 0.493. The summed E-state index contributed by atoms with van der Waals surface area (Å²) in [6, 6.07) is 9.94. The molecule has 0 N–H and O–H groups in total. The fourth-order valence-corrected chi connectivity index (χ4v) is 1.84. The van der Waals surface area contributed by atoms with E-state index in [4.69, 9.17) is 9.47 Å². The van der Waals surface area contributed by atoms with Gasteiger partial charge in [-0.1, -0.05) is 32.0 Å². The Bertz CT molecular complexity index is 538. The summed E-state index contributed by atoms with van der Waals surface area (Å²) in [6.07, 6.45) is 3.48. The normalized spacial score (nSPS) is 10.5. The molecule has 19 heavy (non-hydrogen) atoms. The monoisotopic (exact) mass is 257 g/mol. The van der Waals surface area contributed by atoms with Crippen molar-refractivity contribution in [3.05, 3.63) is 42.7 Å². The molecule has 2 aromatic rings. The van der Waals surface area contributed by atoms with Gasteiger partial charge in [0.2, 0.25) is 0 Å². The number of ether oxygens (including phenoxy) is 2. The Morgan fingerprint density at radius 1 is 1.05 bits per heavy atom. The van der Waals surface area contributed by atoms with Crippen LogP contribution in [-0.4, -0.2) is 18.7 Å². The van der Waals surface area contributed by atoms with Crippen molar-refractivity contribution in [3.63, 3.8) is 0 Å². The van der Waals surface area contributed by atoms with Crippen LogP contribution in [0.15, 0.2) is 42.7 Å². The van der Waals surface area contributed by atoms with E-state index in [2.05, 4.69) is 18.8 Å². The smallest absolute Gasteiger partial charge is 0.145 e. The van der Waals surface area contributed by atoms with E-state index in [0.717, 1.165) is 22.6 Å². The third kappa shape index (κ3) is 3.25. The Labute approximate surface area is 114 Å². The van der Waals surface area contributed by atoms with Crippen molar-refractivity contribution < 1.29 is 9.47 Å². The molecule has 0 bridgehead atoms. The zero-order valence-electron chi connectivity index (χ0n) is 11.6. The van der Waals surface area contributed by atoms with Crippen LogP contribution in [0.5, 0.6) is 11.5 Å². The second-order valence-corrected chi connectivity index (χ2v) is 4.78. The quantitative estimate of drug-likeness (QED) is 0.816. The minimum Gasteiger partial charge on any atom is -0.494 e. The van der Waals surface area contributed by atoms with Crippen molar-refractivity contribution in [3.8, 4) is 22.6 Å². The molecule has 2 rings (SSSR count). The maximum Gasteiger partial charge on any atom is 0.145 e. The highest BCUT2D eigenvalue weighted by molar-refractivity contribution is 5.75. The predicted octanol–water partition coefficient (Wildman–Crippen LogP) is 3.79. The third-order valence-electron chi connectivity index (χ3n) is 2.75. The van der Waals surface area contributed by atoms with Gasteiger partial charge in [-0.05, 0) is 18.1 Å². The van der Waals surface area contributed by atoms with Crippen molar-refractivity contribution in [2.24, 2.45) is 5.92 Å². The molecule has 0 saturated carbocycles. The Morgan fingerprint density at radius 2 is 1.79 bits per heavy atom. The molecule has 0 amide bonds. The first-order valence-corrected chi connectivity index (χ1v) is 6.42. The highest BCUT2D eigenvalue weighted by Gasteiger charge is 2.11. The topological polar surface area (TPSA) is 31.4 Å². The molecule has 1 aromatic heterocycles. The molecule has 0 aliphatic heterocycles. The van der Waals surface area contributed by atoms with Gasteiger partial charge in [-0.15, -0.1) is 0 Å². The summed E-state index contributed by atoms with van der Waals surface area (Å²) in [5.41, 5.74) is 2.03. The summed E-state index contributed by atoms with van der Waals surface area (Å²) in [6.45, 7) is 4.97. The van der Waals surface area contributed by atoms with Gasteiger partial charge in [0.25, 0.3) is 0 Å². The zero-order valence-corrected chi connectivity index (χ0v) is 11.6.